The lowest BCUT2D eigenvalue weighted by atomic mass is 9.92. The highest BCUT2D eigenvalue weighted by atomic mass is 19.3. The number of halogens is 2. The molecule has 6 heteroatoms. The number of ether oxygens (including phenoxy) is 2. The maximum atomic E-state index is 12.7. The van der Waals surface area contributed by atoms with Gasteiger partial charge in [-0.3, -0.25) is 4.90 Å². The highest BCUT2D eigenvalue weighted by Crippen LogP contribution is 2.29. The van der Waals surface area contributed by atoms with Gasteiger partial charge in [0.1, 0.15) is 6.10 Å². The second-order valence-electron chi connectivity index (χ2n) is 4.90. The molecule has 2 unspecified atom stereocenters. The van der Waals surface area contributed by atoms with Crippen LogP contribution in [-0.4, -0.2) is 55.2 Å². The van der Waals surface area contributed by atoms with E-state index in [2.05, 4.69) is 4.90 Å². The summed E-state index contributed by atoms with van der Waals surface area (Å²) in [4.78, 5) is 13.3. The molecule has 0 radical (unpaired) electrons. The first-order valence-corrected chi connectivity index (χ1v) is 5.76. The van der Waals surface area contributed by atoms with E-state index in [0.29, 0.717) is 33.0 Å². The first-order chi connectivity index (χ1) is 7.88. The quantitative estimate of drug-likeness (QED) is 0.686. The van der Waals surface area contributed by atoms with Crippen molar-refractivity contribution in [2.24, 2.45) is 0 Å². The number of likely N-dealkylation sites (N-methyl/N-ethyl adjacent to an activating group) is 1. The number of hydrogen-bond donors (Lipinski definition) is 0. The van der Waals surface area contributed by atoms with Crippen LogP contribution >= 0.6 is 0 Å². The fourth-order valence-electron chi connectivity index (χ4n) is 2.40. The van der Waals surface area contributed by atoms with Gasteiger partial charge in [-0.15, -0.1) is 0 Å². The van der Waals surface area contributed by atoms with Gasteiger partial charge in [0.15, 0.2) is 0 Å². The fourth-order valence-corrected chi connectivity index (χ4v) is 2.40. The molecule has 2 atom stereocenters. The molecule has 2 aliphatic rings. The Bertz CT molecular complexity index is 292. The summed E-state index contributed by atoms with van der Waals surface area (Å²) in [5.41, 5.74) is 0. The molecule has 0 aromatic rings. The maximum absolute atomic E-state index is 12.7. The van der Waals surface area contributed by atoms with Gasteiger partial charge in [0, 0.05) is 31.8 Å². The Morgan fingerprint density at radius 1 is 1.35 bits per heavy atom. The lowest BCUT2D eigenvalue weighted by Crippen LogP contribution is -2.57. The molecular weight excluding hydrogens is 232 g/mol. The molecule has 0 N–H and O–H groups in total. The molecule has 2 fully saturated rings. The van der Waals surface area contributed by atoms with E-state index in [1.165, 1.54) is 0 Å². The molecule has 0 aliphatic carbocycles. The first-order valence-electron chi connectivity index (χ1n) is 5.76. The number of rotatable bonds is 2. The minimum Gasteiger partial charge on any atom is -0.458 e. The molecule has 17 heavy (non-hydrogen) atoms. The predicted molar refractivity (Wildman–Crippen MR) is 55.9 cm³/mol. The molecule has 2 rings (SSSR count). The van der Waals surface area contributed by atoms with Crippen molar-refractivity contribution >= 4 is 5.97 Å². The normalized spacial score (nSPS) is 34.5. The van der Waals surface area contributed by atoms with Gasteiger partial charge in [0.2, 0.25) is 0 Å². The Morgan fingerprint density at radius 2 is 1.88 bits per heavy atom. The third-order valence-corrected chi connectivity index (χ3v) is 3.47. The monoisotopic (exact) mass is 249 g/mol. The highest BCUT2D eigenvalue weighted by Gasteiger charge is 2.41. The maximum Gasteiger partial charge on any atom is 0.376 e. The van der Waals surface area contributed by atoms with Gasteiger partial charge in [0.05, 0.1) is 13.2 Å². The van der Waals surface area contributed by atoms with Crippen molar-refractivity contribution in [3.8, 4) is 0 Å². The van der Waals surface area contributed by atoms with Crippen LogP contribution in [0.4, 0.5) is 8.78 Å². The van der Waals surface area contributed by atoms with E-state index in [4.69, 9.17) is 9.47 Å². The second-order valence-corrected chi connectivity index (χ2v) is 4.90. The van der Waals surface area contributed by atoms with E-state index >= 15 is 0 Å². The Kier molecular flexibility index (Phi) is 3.36. The van der Waals surface area contributed by atoms with Crippen LogP contribution in [0.15, 0.2) is 0 Å². The number of carbonyl (C=O) groups excluding carboxylic acids is 1. The summed E-state index contributed by atoms with van der Waals surface area (Å²) in [6, 6.07) is 0.316. The van der Waals surface area contributed by atoms with Crippen LogP contribution in [0.5, 0.6) is 0 Å². The van der Waals surface area contributed by atoms with Gasteiger partial charge in [-0.2, -0.15) is 8.78 Å². The summed E-state index contributed by atoms with van der Waals surface area (Å²) in [7, 11) is 1.99. The van der Waals surface area contributed by atoms with E-state index in [-0.39, 0.29) is 12.1 Å². The number of carbonyl (C=O) groups is 1. The number of nitrogens with zero attached hydrogens (tertiary/aromatic N) is 1. The number of esters is 1. The molecule has 0 aromatic heterocycles. The lowest BCUT2D eigenvalue weighted by Gasteiger charge is -2.46. The summed E-state index contributed by atoms with van der Waals surface area (Å²) in [6.45, 7) is 1.71. The summed E-state index contributed by atoms with van der Waals surface area (Å²) in [5.74, 6) is -4.83. The van der Waals surface area contributed by atoms with E-state index < -0.39 is 18.0 Å². The largest absolute Gasteiger partial charge is 0.458 e. The third-order valence-electron chi connectivity index (χ3n) is 3.47. The number of morpholine rings is 1. The van der Waals surface area contributed by atoms with Crippen molar-refractivity contribution in [2.75, 3.05) is 20.3 Å². The third kappa shape index (κ3) is 2.74. The average molecular weight is 249 g/mol. The zero-order valence-corrected chi connectivity index (χ0v) is 9.99. The van der Waals surface area contributed by atoms with Crippen LogP contribution in [-0.2, 0) is 14.3 Å². The number of hydrogen-bond acceptors (Lipinski definition) is 4. The SMILES string of the molecule is CN1C2COCC1CC(OC(=O)C(C)(F)F)C2. The van der Waals surface area contributed by atoms with Gasteiger partial charge in [0.25, 0.3) is 0 Å². The number of alkyl halides is 2. The molecule has 2 saturated heterocycles. The van der Waals surface area contributed by atoms with E-state index in [1.54, 1.807) is 0 Å². The number of fused-ring (bicyclic) bond motifs is 2. The molecule has 2 aliphatic heterocycles. The Balaban J connectivity index is 1.94. The minimum atomic E-state index is -3.41. The Labute approximate surface area is 98.9 Å². The van der Waals surface area contributed by atoms with Gasteiger partial charge in [-0.05, 0) is 7.05 Å². The van der Waals surface area contributed by atoms with Gasteiger partial charge in [-0.1, -0.05) is 0 Å². The fraction of sp³-hybridized carbons (Fsp3) is 0.909. The summed E-state index contributed by atoms with van der Waals surface area (Å²) in [6.07, 6.45) is 0.715. The second kappa shape index (κ2) is 4.49. The van der Waals surface area contributed by atoms with Crippen molar-refractivity contribution in [1.29, 1.82) is 0 Å². The summed E-state index contributed by atoms with van der Waals surface area (Å²) < 4.78 is 35.7. The van der Waals surface area contributed by atoms with Crippen molar-refractivity contribution in [2.45, 2.75) is 43.9 Å². The smallest absolute Gasteiger partial charge is 0.376 e. The number of piperidine rings is 1. The first kappa shape index (κ1) is 12.7. The van der Waals surface area contributed by atoms with Crippen molar-refractivity contribution in [1.82, 2.24) is 4.90 Å². The molecule has 98 valence electrons. The lowest BCUT2D eigenvalue weighted by molar-refractivity contribution is -0.183. The summed E-state index contributed by atoms with van der Waals surface area (Å²) >= 11 is 0. The van der Waals surface area contributed by atoms with Crippen LogP contribution in [0.3, 0.4) is 0 Å². The van der Waals surface area contributed by atoms with Crippen LogP contribution < -0.4 is 0 Å². The highest BCUT2D eigenvalue weighted by molar-refractivity contribution is 5.77. The Hall–Kier alpha value is -0.750. The molecular formula is C11H17F2NO3. The van der Waals surface area contributed by atoms with Crippen molar-refractivity contribution < 1.29 is 23.0 Å². The van der Waals surface area contributed by atoms with Crippen LogP contribution in [0.1, 0.15) is 19.8 Å². The molecule has 0 spiro atoms. The Morgan fingerprint density at radius 3 is 2.35 bits per heavy atom. The van der Waals surface area contributed by atoms with Crippen LogP contribution in [0.25, 0.3) is 0 Å². The minimum absolute atomic E-state index is 0.158. The standard InChI is InChI=1S/C11H17F2NO3/c1-11(12,13)10(15)17-9-3-7-5-16-6-8(4-9)14(7)2/h7-9H,3-6H2,1-2H3. The van der Waals surface area contributed by atoms with Crippen LogP contribution in [0, 0.1) is 0 Å². The van der Waals surface area contributed by atoms with E-state index in [1.807, 2.05) is 7.05 Å². The molecule has 2 bridgehead atoms. The van der Waals surface area contributed by atoms with Gasteiger partial charge < -0.3 is 9.47 Å². The predicted octanol–water partition coefficient (Wildman–Crippen LogP) is 1.05. The topological polar surface area (TPSA) is 38.8 Å². The zero-order chi connectivity index (χ0) is 12.6. The van der Waals surface area contributed by atoms with Gasteiger partial charge in [-0.25, -0.2) is 4.79 Å². The van der Waals surface area contributed by atoms with Crippen molar-refractivity contribution in [3.05, 3.63) is 0 Å². The molecule has 2 heterocycles. The van der Waals surface area contributed by atoms with Crippen molar-refractivity contribution in [3.63, 3.8) is 0 Å². The molecule has 4 nitrogen and oxygen atoms in total. The van der Waals surface area contributed by atoms with E-state index in [9.17, 15) is 13.6 Å². The molecule has 0 aromatic carbocycles. The van der Waals surface area contributed by atoms with Gasteiger partial charge >= 0.3 is 11.9 Å². The zero-order valence-electron chi connectivity index (χ0n) is 9.99. The molecule has 0 amide bonds. The van der Waals surface area contributed by atoms with Crippen LogP contribution in [0.2, 0.25) is 0 Å². The van der Waals surface area contributed by atoms with E-state index in [0.717, 1.165) is 0 Å². The summed E-state index contributed by atoms with van der Waals surface area (Å²) in [5, 5.41) is 0. The molecule has 0 saturated carbocycles. The average Bonchev–Trinajstić information content (AvgIpc) is 2.18.